The molecule has 0 saturated carbocycles. The molecule has 0 bridgehead atoms. The molecule has 2 aromatic rings. The van der Waals surface area contributed by atoms with E-state index in [9.17, 15) is 23.9 Å². The Bertz CT molecular complexity index is 1130. The highest BCUT2D eigenvalue weighted by molar-refractivity contribution is 5.94. The molecule has 176 valence electrons. The van der Waals surface area contributed by atoms with E-state index >= 15 is 0 Å². The van der Waals surface area contributed by atoms with E-state index < -0.39 is 40.4 Å². The number of carbonyl (C=O) groups excluding carboxylic acids is 2. The Hall–Kier alpha value is -3.47. The molecule has 1 unspecified atom stereocenters. The fourth-order valence-corrected chi connectivity index (χ4v) is 4.04. The molecule has 0 radical (unpaired) electrons. The van der Waals surface area contributed by atoms with Crippen LogP contribution in [0.3, 0.4) is 0 Å². The van der Waals surface area contributed by atoms with Gasteiger partial charge in [-0.25, -0.2) is 14.2 Å². The number of nitrogens with one attached hydrogen (secondary N) is 1. The molecule has 1 atom stereocenters. The van der Waals surface area contributed by atoms with Gasteiger partial charge >= 0.3 is 6.09 Å². The SMILES string of the molecule is CC(C)OC(=O)N1CCC2(C1)OCCn1c2nc(C(=O)NCc2ccc(F)cc2)c(O)c1=O. The van der Waals surface area contributed by atoms with E-state index in [1.54, 1.807) is 13.8 Å². The van der Waals surface area contributed by atoms with E-state index in [1.807, 2.05) is 0 Å². The van der Waals surface area contributed by atoms with Crippen molar-refractivity contribution in [1.29, 1.82) is 0 Å². The van der Waals surface area contributed by atoms with Crippen LogP contribution in [0, 0.1) is 5.82 Å². The maximum absolute atomic E-state index is 13.1. The van der Waals surface area contributed by atoms with Crippen LogP contribution in [0.5, 0.6) is 5.75 Å². The van der Waals surface area contributed by atoms with Gasteiger partial charge in [0.2, 0.25) is 5.75 Å². The van der Waals surface area contributed by atoms with Gasteiger partial charge in [-0.15, -0.1) is 0 Å². The average Bonchev–Trinajstić information content (AvgIpc) is 3.20. The van der Waals surface area contributed by atoms with E-state index in [2.05, 4.69) is 10.3 Å². The van der Waals surface area contributed by atoms with Crippen LogP contribution in [0.25, 0.3) is 0 Å². The first-order chi connectivity index (χ1) is 15.7. The predicted molar refractivity (Wildman–Crippen MR) is 113 cm³/mol. The summed E-state index contributed by atoms with van der Waals surface area (Å²) >= 11 is 0. The van der Waals surface area contributed by atoms with Gasteiger partial charge in [-0.1, -0.05) is 12.1 Å². The number of likely N-dealkylation sites (tertiary alicyclic amines) is 1. The molecule has 3 heterocycles. The highest BCUT2D eigenvalue weighted by Crippen LogP contribution is 2.37. The summed E-state index contributed by atoms with van der Waals surface area (Å²) < 4.78 is 25.6. The van der Waals surface area contributed by atoms with Crippen LogP contribution in [0.4, 0.5) is 9.18 Å². The zero-order chi connectivity index (χ0) is 23.8. The minimum absolute atomic E-state index is 0.0507. The summed E-state index contributed by atoms with van der Waals surface area (Å²) in [5, 5.41) is 13.0. The standard InChI is InChI=1S/C22H25FN4O6/c1-13(2)33-21(31)26-8-7-22(12-26)20-25-16(17(28)19(30)27(20)9-10-32-22)18(29)24-11-14-3-5-15(23)6-4-14/h3-6,13,28H,7-12H2,1-2H3,(H,24,29). The Kier molecular flexibility index (Phi) is 6.07. The van der Waals surface area contributed by atoms with Crippen molar-refractivity contribution in [3.05, 3.63) is 57.5 Å². The summed E-state index contributed by atoms with van der Waals surface area (Å²) in [5.74, 6) is -1.74. The number of aromatic hydroxyl groups is 1. The lowest BCUT2D eigenvalue weighted by molar-refractivity contribution is -0.0750. The number of halogens is 1. The van der Waals surface area contributed by atoms with Gasteiger partial charge < -0.3 is 24.8 Å². The number of carbonyl (C=O) groups is 2. The van der Waals surface area contributed by atoms with Crippen molar-refractivity contribution in [2.75, 3.05) is 19.7 Å². The van der Waals surface area contributed by atoms with Crippen LogP contribution in [0.15, 0.2) is 29.1 Å². The summed E-state index contributed by atoms with van der Waals surface area (Å²) in [6, 6.07) is 5.55. The van der Waals surface area contributed by atoms with Crippen molar-refractivity contribution < 1.29 is 28.6 Å². The topological polar surface area (TPSA) is 123 Å². The summed E-state index contributed by atoms with van der Waals surface area (Å²) in [4.78, 5) is 43.8. The van der Waals surface area contributed by atoms with Crippen LogP contribution in [0.2, 0.25) is 0 Å². The summed E-state index contributed by atoms with van der Waals surface area (Å²) in [6.07, 6.45) is -0.433. The summed E-state index contributed by atoms with van der Waals surface area (Å²) in [7, 11) is 0. The zero-order valence-electron chi connectivity index (χ0n) is 18.3. The monoisotopic (exact) mass is 460 g/mol. The third kappa shape index (κ3) is 4.40. The van der Waals surface area contributed by atoms with Gasteiger partial charge in [-0.3, -0.25) is 14.2 Å². The lowest BCUT2D eigenvalue weighted by atomic mass is 9.99. The molecule has 1 saturated heterocycles. The fraction of sp³-hybridized carbons (Fsp3) is 0.455. The van der Waals surface area contributed by atoms with Crippen molar-refractivity contribution in [2.24, 2.45) is 0 Å². The molecule has 2 amide bonds. The molecule has 2 aliphatic rings. The molecule has 1 fully saturated rings. The van der Waals surface area contributed by atoms with Crippen LogP contribution in [-0.4, -0.2) is 57.4 Å². The predicted octanol–water partition coefficient (Wildman–Crippen LogP) is 1.49. The maximum atomic E-state index is 13.1. The van der Waals surface area contributed by atoms with Gasteiger partial charge in [0.05, 0.1) is 25.8 Å². The first-order valence-corrected chi connectivity index (χ1v) is 10.7. The smallest absolute Gasteiger partial charge is 0.410 e. The molecular weight excluding hydrogens is 435 g/mol. The summed E-state index contributed by atoms with van der Waals surface area (Å²) in [5.41, 5.74) is -1.64. The minimum Gasteiger partial charge on any atom is -0.501 e. The molecule has 0 aliphatic carbocycles. The van der Waals surface area contributed by atoms with Gasteiger partial charge in [0.25, 0.3) is 11.5 Å². The van der Waals surface area contributed by atoms with Crippen LogP contribution in [-0.2, 0) is 28.2 Å². The number of nitrogens with zero attached hydrogens (tertiary/aromatic N) is 3. The van der Waals surface area contributed by atoms with E-state index in [4.69, 9.17) is 9.47 Å². The molecule has 10 nitrogen and oxygen atoms in total. The average molecular weight is 460 g/mol. The van der Waals surface area contributed by atoms with Crippen LogP contribution in [0.1, 0.15) is 42.1 Å². The van der Waals surface area contributed by atoms with Gasteiger partial charge in [0, 0.05) is 19.5 Å². The molecular formula is C22H25FN4O6. The molecule has 1 spiro atoms. The first-order valence-electron chi connectivity index (χ1n) is 10.7. The molecule has 4 rings (SSSR count). The second-order valence-electron chi connectivity index (χ2n) is 8.35. The number of amides is 2. The normalized spacial score (nSPS) is 19.6. The summed E-state index contributed by atoms with van der Waals surface area (Å²) in [6.45, 7) is 4.32. The number of benzene rings is 1. The second-order valence-corrected chi connectivity index (χ2v) is 8.35. The third-order valence-corrected chi connectivity index (χ3v) is 5.65. The lowest BCUT2D eigenvalue weighted by Crippen LogP contribution is -2.47. The third-order valence-electron chi connectivity index (χ3n) is 5.65. The fourth-order valence-electron chi connectivity index (χ4n) is 4.04. The number of rotatable bonds is 4. The van der Waals surface area contributed by atoms with E-state index in [0.717, 1.165) is 0 Å². The Morgan fingerprint density at radius 3 is 2.73 bits per heavy atom. The number of hydrogen-bond donors (Lipinski definition) is 2. The molecule has 1 aromatic carbocycles. The van der Waals surface area contributed by atoms with Crippen molar-refractivity contribution in [2.45, 2.75) is 45.1 Å². The Balaban J connectivity index is 1.61. The Labute approximate surface area is 188 Å². The number of hydrogen-bond acceptors (Lipinski definition) is 7. The van der Waals surface area contributed by atoms with Crippen molar-refractivity contribution in [3.63, 3.8) is 0 Å². The molecule has 1 aromatic heterocycles. The van der Waals surface area contributed by atoms with Crippen LogP contribution < -0.4 is 10.9 Å². The Morgan fingerprint density at radius 2 is 2.03 bits per heavy atom. The van der Waals surface area contributed by atoms with Crippen LogP contribution >= 0.6 is 0 Å². The largest absolute Gasteiger partial charge is 0.501 e. The number of fused-ring (bicyclic) bond motifs is 2. The van der Waals surface area contributed by atoms with E-state index in [0.29, 0.717) is 18.5 Å². The minimum atomic E-state index is -1.09. The highest BCUT2D eigenvalue weighted by atomic mass is 19.1. The number of ether oxygens (including phenoxy) is 2. The van der Waals surface area contributed by atoms with Gasteiger partial charge in [0.15, 0.2) is 5.69 Å². The quantitative estimate of drug-likeness (QED) is 0.709. The molecule has 2 N–H and O–H groups in total. The van der Waals surface area contributed by atoms with E-state index in [1.165, 1.54) is 33.7 Å². The first kappa shape index (κ1) is 22.7. The maximum Gasteiger partial charge on any atom is 0.410 e. The van der Waals surface area contributed by atoms with Gasteiger partial charge in [-0.2, -0.15) is 0 Å². The van der Waals surface area contributed by atoms with Crippen molar-refractivity contribution in [1.82, 2.24) is 19.8 Å². The zero-order valence-corrected chi connectivity index (χ0v) is 18.3. The van der Waals surface area contributed by atoms with Gasteiger partial charge in [-0.05, 0) is 31.5 Å². The van der Waals surface area contributed by atoms with Gasteiger partial charge in [0.1, 0.15) is 17.2 Å². The van der Waals surface area contributed by atoms with Crippen molar-refractivity contribution in [3.8, 4) is 5.75 Å². The number of aromatic nitrogens is 2. The molecule has 2 aliphatic heterocycles. The Morgan fingerprint density at radius 1 is 1.30 bits per heavy atom. The second kappa shape index (κ2) is 8.81. The molecule has 33 heavy (non-hydrogen) atoms. The highest BCUT2D eigenvalue weighted by Gasteiger charge is 2.48. The molecule has 11 heteroatoms. The van der Waals surface area contributed by atoms with Crippen molar-refractivity contribution >= 4 is 12.0 Å². The van der Waals surface area contributed by atoms with E-state index in [-0.39, 0.29) is 38.2 Å². The lowest BCUT2D eigenvalue weighted by Gasteiger charge is -2.35.